The minimum atomic E-state index is -3.77. The molecule has 1 N–H and O–H groups in total. The molecule has 3 heterocycles. The highest BCUT2D eigenvalue weighted by atomic mass is 32.2. The number of piperidine rings is 1. The van der Waals surface area contributed by atoms with Gasteiger partial charge in [0.25, 0.3) is 21.9 Å². The molecule has 0 aliphatic carbocycles. The number of hydrogen-bond donors (Lipinski definition) is 1. The van der Waals surface area contributed by atoms with Crippen molar-refractivity contribution in [3.8, 4) is 0 Å². The first kappa shape index (κ1) is 27.0. The fraction of sp³-hybridized carbons (Fsp3) is 0.407. The van der Waals surface area contributed by atoms with E-state index in [-0.39, 0.29) is 35.5 Å². The molecule has 2 fully saturated rings. The van der Waals surface area contributed by atoms with E-state index in [2.05, 4.69) is 15.1 Å². The van der Waals surface area contributed by atoms with E-state index in [1.807, 2.05) is 6.92 Å². The zero-order valence-electron chi connectivity index (χ0n) is 21.6. The van der Waals surface area contributed by atoms with Crippen LogP contribution in [0.15, 0.2) is 47.4 Å². The van der Waals surface area contributed by atoms with Crippen molar-refractivity contribution in [1.82, 2.24) is 15.1 Å². The molecule has 4 amide bonds. The molecule has 2 aromatic rings. The average Bonchev–Trinajstić information content (AvgIpc) is 3.16. The maximum absolute atomic E-state index is 13.1. The van der Waals surface area contributed by atoms with Gasteiger partial charge in [0.2, 0.25) is 11.8 Å². The molecule has 0 spiro atoms. The number of benzene rings is 2. The maximum Gasteiger partial charge on any atom is 0.296 e. The molecular formula is C27H30N4O7S. The third-order valence-corrected chi connectivity index (χ3v) is 8.65. The molecule has 0 aromatic heterocycles. The first-order valence-corrected chi connectivity index (χ1v) is 14.3. The van der Waals surface area contributed by atoms with Crippen LogP contribution in [0.4, 0.5) is 5.69 Å². The minimum absolute atomic E-state index is 0.0774. The maximum atomic E-state index is 13.1. The van der Waals surface area contributed by atoms with Crippen molar-refractivity contribution in [2.75, 3.05) is 44.2 Å². The van der Waals surface area contributed by atoms with Crippen LogP contribution in [0.5, 0.6) is 0 Å². The van der Waals surface area contributed by atoms with Gasteiger partial charge in [0.1, 0.15) is 6.04 Å². The lowest BCUT2D eigenvalue weighted by molar-refractivity contribution is -0.136. The van der Waals surface area contributed by atoms with Crippen molar-refractivity contribution < 1.29 is 31.8 Å². The predicted molar refractivity (Wildman–Crippen MR) is 141 cm³/mol. The zero-order chi connectivity index (χ0) is 27.7. The summed E-state index contributed by atoms with van der Waals surface area (Å²) in [5, 5.41) is 2.20. The summed E-state index contributed by atoms with van der Waals surface area (Å²) in [5.74, 6) is -2.08. The molecule has 39 heavy (non-hydrogen) atoms. The van der Waals surface area contributed by atoms with E-state index < -0.39 is 39.8 Å². The van der Waals surface area contributed by atoms with Gasteiger partial charge >= 0.3 is 0 Å². The van der Waals surface area contributed by atoms with Crippen LogP contribution < -0.4 is 10.2 Å². The Balaban J connectivity index is 1.13. The second kappa shape index (κ2) is 10.9. The highest BCUT2D eigenvalue weighted by Crippen LogP contribution is 2.31. The number of imide groups is 2. The Morgan fingerprint density at radius 1 is 0.923 bits per heavy atom. The molecule has 3 aliphatic heterocycles. The number of amides is 4. The Morgan fingerprint density at radius 3 is 2.31 bits per heavy atom. The lowest BCUT2D eigenvalue weighted by Gasteiger charge is -2.36. The van der Waals surface area contributed by atoms with Crippen LogP contribution in [0.2, 0.25) is 0 Å². The van der Waals surface area contributed by atoms with Gasteiger partial charge in [-0.3, -0.25) is 38.5 Å². The van der Waals surface area contributed by atoms with Crippen LogP contribution in [-0.4, -0.2) is 87.2 Å². The number of nitrogens with one attached hydrogen (secondary N) is 1. The van der Waals surface area contributed by atoms with E-state index in [4.69, 9.17) is 4.18 Å². The molecule has 5 rings (SSSR count). The van der Waals surface area contributed by atoms with E-state index in [1.165, 1.54) is 0 Å². The highest BCUT2D eigenvalue weighted by Gasteiger charge is 2.44. The minimum Gasteiger partial charge on any atom is -0.369 e. The summed E-state index contributed by atoms with van der Waals surface area (Å²) >= 11 is 0. The Bertz CT molecular complexity index is 1420. The molecule has 11 nitrogen and oxygen atoms in total. The highest BCUT2D eigenvalue weighted by molar-refractivity contribution is 7.86. The molecule has 3 aliphatic rings. The number of carbonyl (C=O) groups excluding carboxylic acids is 4. The van der Waals surface area contributed by atoms with Crippen molar-refractivity contribution in [3.63, 3.8) is 0 Å². The molecule has 2 saturated heterocycles. The summed E-state index contributed by atoms with van der Waals surface area (Å²) in [6.07, 6.45) is 0.763. The van der Waals surface area contributed by atoms with Crippen LogP contribution in [-0.2, 0) is 23.9 Å². The lowest BCUT2D eigenvalue weighted by Crippen LogP contribution is -2.54. The number of hydrogen-bond acceptors (Lipinski definition) is 9. The predicted octanol–water partition coefficient (Wildman–Crippen LogP) is 1.31. The number of nitrogens with zero attached hydrogens (tertiary/aromatic N) is 3. The summed E-state index contributed by atoms with van der Waals surface area (Å²) < 4.78 is 29.9. The number of aryl methyl sites for hydroxylation is 1. The van der Waals surface area contributed by atoms with Gasteiger partial charge in [-0.15, -0.1) is 0 Å². The Labute approximate surface area is 226 Å². The van der Waals surface area contributed by atoms with Crippen LogP contribution in [0.25, 0.3) is 0 Å². The fourth-order valence-corrected chi connectivity index (χ4v) is 6.06. The molecule has 206 valence electrons. The third-order valence-electron chi connectivity index (χ3n) is 7.33. The van der Waals surface area contributed by atoms with E-state index in [9.17, 15) is 27.6 Å². The standard InChI is InChI=1S/C27H30N4O7S/c1-18-3-6-20(7-4-18)39(36,37)38-16-2-11-29-12-14-30(15-13-29)19-5-8-21-22(17-19)27(35)31(26(21)34)23-9-10-24(32)28-25(23)33/h3-8,17,23H,2,9-16H2,1H3,(H,28,32,33). The zero-order valence-corrected chi connectivity index (χ0v) is 22.4. The van der Waals surface area contributed by atoms with Crippen molar-refractivity contribution in [3.05, 3.63) is 59.2 Å². The number of fused-ring (bicyclic) bond motifs is 1. The van der Waals surface area contributed by atoms with Gasteiger partial charge in [-0.1, -0.05) is 17.7 Å². The Hall–Kier alpha value is -3.61. The molecule has 0 bridgehead atoms. The summed E-state index contributed by atoms with van der Waals surface area (Å²) in [6, 6.07) is 10.7. The molecule has 2 aromatic carbocycles. The first-order chi connectivity index (χ1) is 18.6. The van der Waals surface area contributed by atoms with E-state index in [0.29, 0.717) is 26.1 Å². The van der Waals surface area contributed by atoms with Crippen molar-refractivity contribution in [1.29, 1.82) is 0 Å². The van der Waals surface area contributed by atoms with Gasteiger partial charge < -0.3 is 4.90 Å². The molecule has 12 heteroatoms. The molecular weight excluding hydrogens is 524 g/mol. The van der Waals surface area contributed by atoms with Crippen LogP contribution in [0.3, 0.4) is 0 Å². The van der Waals surface area contributed by atoms with Crippen molar-refractivity contribution in [2.24, 2.45) is 0 Å². The van der Waals surface area contributed by atoms with Gasteiger partial charge in [0.15, 0.2) is 0 Å². The molecule has 0 radical (unpaired) electrons. The second-order valence-corrected chi connectivity index (χ2v) is 11.6. The second-order valence-electron chi connectivity index (χ2n) is 9.95. The van der Waals surface area contributed by atoms with E-state index in [1.54, 1.807) is 42.5 Å². The normalized spacial score (nSPS) is 20.4. The largest absolute Gasteiger partial charge is 0.369 e. The molecule has 0 saturated carbocycles. The number of piperazine rings is 1. The summed E-state index contributed by atoms with van der Waals surface area (Å²) in [7, 11) is -3.77. The average molecular weight is 555 g/mol. The summed E-state index contributed by atoms with van der Waals surface area (Å²) in [4.78, 5) is 55.2. The summed E-state index contributed by atoms with van der Waals surface area (Å²) in [5.41, 5.74) is 2.30. The van der Waals surface area contributed by atoms with Crippen LogP contribution >= 0.6 is 0 Å². The first-order valence-electron chi connectivity index (χ1n) is 12.9. The van der Waals surface area contributed by atoms with Gasteiger partial charge in [0.05, 0.1) is 22.6 Å². The van der Waals surface area contributed by atoms with Gasteiger partial charge in [-0.2, -0.15) is 8.42 Å². The monoisotopic (exact) mass is 554 g/mol. The van der Waals surface area contributed by atoms with E-state index in [0.717, 1.165) is 29.2 Å². The number of anilines is 1. The lowest BCUT2D eigenvalue weighted by atomic mass is 10.0. The van der Waals surface area contributed by atoms with Crippen LogP contribution in [0, 0.1) is 6.92 Å². The third kappa shape index (κ3) is 5.58. The van der Waals surface area contributed by atoms with E-state index >= 15 is 0 Å². The number of rotatable bonds is 8. The fourth-order valence-electron chi connectivity index (χ4n) is 5.12. The Morgan fingerprint density at radius 2 is 1.62 bits per heavy atom. The van der Waals surface area contributed by atoms with Crippen molar-refractivity contribution in [2.45, 2.75) is 37.1 Å². The molecule has 1 unspecified atom stereocenters. The topological polar surface area (TPSA) is 133 Å². The van der Waals surface area contributed by atoms with Gasteiger partial charge in [0, 0.05) is 44.8 Å². The summed E-state index contributed by atoms with van der Waals surface area (Å²) in [6.45, 7) is 5.56. The SMILES string of the molecule is Cc1ccc(S(=O)(=O)OCCCN2CCN(c3ccc4c(c3)C(=O)N(C3CCC(=O)NC3=O)C4=O)CC2)cc1. The van der Waals surface area contributed by atoms with Gasteiger partial charge in [-0.25, -0.2) is 0 Å². The quantitative estimate of drug-likeness (QED) is 0.291. The Kier molecular flexibility index (Phi) is 7.52. The van der Waals surface area contributed by atoms with Gasteiger partial charge in [-0.05, 0) is 50.1 Å². The van der Waals surface area contributed by atoms with Crippen LogP contribution in [0.1, 0.15) is 45.5 Å². The smallest absolute Gasteiger partial charge is 0.296 e. The number of carbonyl (C=O) groups is 4. The molecule has 1 atom stereocenters. The van der Waals surface area contributed by atoms with Crippen molar-refractivity contribution >= 4 is 39.4 Å².